The molecule has 0 aliphatic rings. The predicted molar refractivity (Wildman–Crippen MR) is 68.8 cm³/mol. The first-order chi connectivity index (χ1) is 8.49. The lowest BCUT2D eigenvalue weighted by molar-refractivity contribution is 0.630. The van der Waals surface area contributed by atoms with Gasteiger partial charge in [-0.05, 0) is 31.0 Å². The van der Waals surface area contributed by atoms with Gasteiger partial charge >= 0.3 is 5.69 Å². The highest BCUT2D eigenvalue weighted by Gasteiger charge is 2.05. The highest BCUT2D eigenvalue weighted by atomic mass is 16.2. The molecule has 0 aromatic carbocycles. The van der Waals surface area contributed by atoms with Gasteiger partial charge in [0.25, 0.3) is 5.56 Å². The normalized spacial score (nSPS) is 10.6. The fraction of sp³-hybridized carbons (Fsp3) is 0.308. The molecule has 0 aliphatic carbocycles. The Hall–Kier alpha value is -2.17. The van der Waals surface area contributed by atoms with Gasteiger partial charge in [0, 0.05) is 25.5 Å². The lowest BCUT2D eigenvalue weighted by Gasteiger charge is -2.07. The van der Waals surface area contributed by atoms with E-state index in [9.17, 15) is 9.59 Å². The quantitative estimate of drug-likeness (QED) is 0.778. The second kappa shape index (κ2) is 4.60. The van der Waals surface area contributed by atoms with Crippen LogP contribution in [0.15, 0.2) is 34.1 Å². The Bertz CT molecular complexity index is 698. The number of pyridine rings is 1. The second-order valence-electron chi connectivity index (χ2n) is 4.39. The van der Waals surface area contributed by atoms with Gasteiger partial charge in [-0.2, -0.15) is 0 Å². The molecule has 0 fully saturated rings. The molecule has 0 aliphatic heterocycles. The average molecular weight is 245 g/mol. The molecule has 0 unspecified atom stereocenters. The molecule has 18 heavy (non-hydrogen) atoms. The largest absolute Gasteiger partial charge is 0.331 e. The maximum Gasteiger partial charge on any atom is 0.331 e. The Morgan fingerprint density at radius 2 is 1.94 bits per heavy atom. The highest BCUT2D eigenvalue weighted by Crippen LogP contribution is 2.06. The summed E-state index contributed by atoms with van der Waals surface area (Å²) < 4.78 is 2.56. The van der Waals surface area contributed by atoms with Crippen molar-refractivity contribution in [3.05, 3.63) is 62.2 Å². The van der Waals surface area contributed by atoms with Crippen LogP contribution in [-0.4, -0.2) is 14.1 Å². The fourth-order valence-electron chi connectivity index (χ4n) is 1.69. The van der Waals surface area contributed by atoms with Gasteiger partial charge in [-0.3, -0.25) is 14.3 Å². The number of nitrogens with zero attached hydrogens (tertiary/aromatic N) is 3. The van der Waals surface area contributed by atoms with E-state index in [0.29, 0.717) is 5.69 Å². The summed E-state index contributed by atoms with van der Waals surface area (Å²) >= 11 is 0. The van der Waals surface area contributed by atoms with Gasteiger partial charge in [-0.25, -0.2) is 4.79 Å². The van der Waals surface area contributed by atoms with E-state index >= 15 is 0 Å². The maximum absolute atomic E-state index is 11.8. The zero-order valence-corrected chi connectivity index (χ0v) is 10.7. The van der Waals surface area contributed by atoms with Gasteiger partial charge in [0.05, 0.1) is 12.2 Å². The zero-order valence-electron chi connectivity index (χ0n) is 10.7. The molecule has 2 heterocycles. The van der Waals surface area contributed by atoms with Crippen LogP contribution in [0.4, 0.5) is 0 Å². The smallest absolute Gasteiger partial charge is 0.303 e. The summed E-state index contributed by atoms with van der Waals surface area (Å²) in [5, 5.41) is 0. The first kappa shape index (κ1) is 12.3. The number of aromatic nitrogens is 3. The summed E-state index contributed by atoms with van der Waals surface area (Å²) in [6.45, 7) is 4.15. The molecule has 0 saturated heterocycles. The zero-order chi connectivity index (χ0) is 13.3. The lowest BCUT2D eigenvalue weighted by Crippen LogP contribution is -2.38. The molecule has 2 aromatic rings. The molecular weight excluding hydrogens is 230 g/mol. The molecule has 0 saturated carbocycles. The third kappa shape index (κ3) is 2.25. The summed E-state index contributed by atoms with van der Waals surface area (Å²) in [7, 11) is 1.62. The molecule has 5 heteroatoms. The van der Waals surface area contributed by atoms with Crippen molar-refractivity contribution in [3.8, 4) is 0 Å². The summed E-state index contributed by atoms with van der Waals surface area (Å²) in [6.07, 6.45) is 3.22. The molecule has 0 amide bonds. The molecule has 0 atom stereocenters. The van der Waals surface area contributed by atoms with Gasteiger partial charge in [-0.15, -0.1) is 0 Å². The van der Waals surface area contributed by atoms with Crippen LogP contribution in [0.2, 0.25) is 0 Å². The van der Waals surface area contributed by atoms with Gasteiger partial charge < -0.3 is 4.57 Å². The molecule has 0 radical (unpaired) electrons. The van der Waals surface area contributed by atoms with E-state index in [1.807, 2.05) is 19.9 Å². The SMILES string of the molecule is Cc1cnc(Cn2c(=O)ccn(C)c2=O)cc1C. The monoisotopic (exact) mass is 245 g/mol. The van der Waals surface area contributed by atoms with Gasteiger partial charge in [0.2, 0.25) is 0 Å². The lowest BCUT2D eigenvalue weighted by atomic mass is 10.1. The van der Waals surface area contributed by atoms with E-state index in [1.165, 1.54) is 21.4 Å². The Balaban J connectivity index is 2.46. The standard InChI is InChI=1S/C13H15N3O2/c1-9-6-11(14-7-10(9)2)8-16-12(17)4-5-15(3)13(16)18/h4-7H,8H2,1-3H3. The average Bonchev–Trinajstić information content (AvgIpc) is 2.34. The second-order valence-corrected chi connectivity index (χ2v) is 4.39. The number of hydrogen-bond acceptors (Lipinski definition) is 3. The topological polar surface area (TPSA) is 56.9 Å². The van der Waals surface area contributed by atoms with Crippen LogP contribution in [0.1, 0.15) is 16.8 Å². The maximum atomic E-state index is 11.8. The first-order valence-corrected chi connectivity index (χ1v) is 5.67. The Labute approximate surface area is 104 Å². The van der Waals surface area contributed by atoms with Gasteiger partial charge in [0.1, 0.15) is 0 Å². The third-order valence-corrected chi connectivity index (χ3v) is 2.99. The van der Waals surface area contributed by atoms with Crippen molar-refractivity contribution in [3.63, 3.8) is 0 Å². The van der Waals surface area contributed by atoms with Crippen LogP contribution in [0.3, 0.4) is 0 Å². The molecule has 5 nitrogen and oxygen atoms in total. The minimum absolute atomic E-state index is 0.202. The van der Waals surface area contributed by atoms with Crippen LogP contribution >= 0.6 is 0 Å². The molecule has 0 bridgehead atoms. The molecule has 0 spiro atoms. The van der Waals surface area contributed by atoms with Crippen LogP contribution < -0.4 is 11.2 Å². The van der Waals surface area contributed by atoms with Crippen molar-refractivity contribution in [2.75, 3.05) is 0 Å². The molecule has 94 valence electrons. The van der Waals surface area contributed by atoms with E-state index in [0.717, 1.165) is 11.1 Å². The summed E-state index contributed by atoms with van der Waals surface area (Å²) in [6, 6.07) is 3.27. The summed E-state index contributed by atoms with van der Waals surface area (Å²) in [4.78, 5) is 27.8. The van der Waals surface area contributed by atoms with E-state index in [4.69, 9.17) is 0 Å². The Morgan fingerprint density at radius 3 is 2.61 bits per heavy atom. The molecular formula is C13H15N3O2. The Morgan fingerprint density at radius 1 is 1.22 bits per heavy atom. The van der Waals surface area contributed by atoms with Crippen molar-refractivity contribution in [2.24, 2.45) is 7.05 Å². The predicted octanol–water partition coefficient (Wildman–Crippen LogP) is 0.607. The van der Waals surface area contributed by atoms with Crippen LogP contribution in [0.25, 0.3) is 0 Å². The summed E-state index contributed by atoms with van der Waals surface area (Å²) in [5.74, 6) is 0. The summed E-state index contributed by atoms with van der Waals surface area (Å²) in [5.41, 5.74) is 2.26. The van der Waals surface area contributed by atoms with Crippen molar-refractivity contribution < 1.29 is 0 Å². The molecule has 0 N–H and O–H groups in total. The van der Waals surface area contributed by atoms with Crippen molar-refractivity contribution in [1.82, 2.24) is 14.1 Å². The number of rotatable bonds is 2. The van der Waals surface area contributed by atoms with Crippen LogP contribution in [-0.2, 0) is 13.6 Å². The van der Waals surface area contributed by atoms with Crippen molar-refractivity contribution in [1.29, 1.82) is 0 Å². The Kier molecular flexibility index (Phi) is 3.14. The first-order valence-electron chi connectivity index (χ1n) is 5.67. The fourth-order valence-corrected chi connectivity index (χ4v) is 1.69. The van der Waals surface area contributed by atoms with E-state index in [-0.39, 0.29) is 17.8 Å². The van der Waals surface area contributed by atoms with E-state index < -0.39 is 0 Å². The minimum atomic E-state index is -0.331. The minimum Gasteiger partial charge on any atom is -0.303 e. The van der Waals surface area contributed by atoms with Crippen molar-refractivity contribution >= 4 is 0 Å². The van der Waals surface area contributed by atoms with Crippen LogP contribution in [0.5, 0.6) is 0 Å². The molecule has 2 aromatic heterocycles. The van der Waals surface area contributed by atoms with Crippen molar-refractivity contribution in [2.45, 2.75) is 20.4 Å². The van der Waals surface area contributed by atoms with E-state index in [2.05, 4.69) is 4.98 Å². The third-order valence-electron chi connectivity index (χ3n) is 2.99. The van der Waals surface area contributed by atoms with Gasteiger partial charge in [0.15, 0.2) is 0 Å². The van der Waals surface area contributed by atoms with Crippen LogP contribution in [0, 0.1) is 13.8 Å². The number of hydrogen-bond donors (Lipinski definition) is 0. The molecule has 2 rings (SSSR count). The number of aryl methyl sites for hydroxylation is 3. The highest BCUT2D eigenvalue weighted by molar-refractivity contribution is 5.23. The van der Waals surface area contributed by atoms with Gasteiger partial charge in [-0.1, -0.05) is 0 Å². The van der Waals surface area contributed by atoms with E-state index in [1.54, 1.807) is 13.2 Å².